The Balaban J connectivity index is 1.62. The van der Waals surface area contributed by atoms with Crippen LogP contribution in [0.5, 0.6) is 5.75 Å². The first-order valence-electron chi connectivity index (χ1n) is 10.2. The Morgan fingerprint density at radius 3 is 2.00 bits per heavy atom. The molecule has 0 fully saturated rings. The second-order valence-corrected chi connectivity index (χ2v) is 7.59. The molecule has 4 aromatic rings. The van der Waals surface area contributed by atoms with Gasteiger partial charge in [0, 0.05) is 0 Å². The van der Waals surface area contributed by atoms with Gasteiger partial charge in [-0.25, -0.2) is 0 Å². The van der Waals surface area contributed by atoms with E-state index in [1.165, 1.54) is 53.1 Å². The fourth-order valence-corrected chi connectivity index (χ4v) is 3.88. The van der Waals surface area contributed by atoms with Crippen LogP contribution in [-0.2, 0) is 6.42 Å². The van der Waals surface area contributed by atoms with E-state index in [2.05, 4.69) is 54.1 Å². The number of rotatable bonds is 6. The largest absolute Gasteiger partial charge is 0.573 e. The Morgan fingerprint density at radius 2 is 1.33 bits per heavy atom. The minimum Gasteiger partial charge on any atom is -0.406 e. The van der Waals surface area contributed by atoms with E-state index < -0.39 is 6.36 Å². The number of benzene rings is 4. The lowest BCUT2D eigenvalue weighted by Gasteiger charge is -2.11. The molecule has 154 valence electrons. The van der Waals surface area contributed by atoms with E-state index in [4.69, 9.17) is 0 Å². The van der Waals surface area contributed by atoms with Gasteiger partial charge in [-0.1, -0.05) is 74.4 Å². The summed E-state index contributed by atoms with van der Waals surface area (Å²) in [6.07, 6.45) is 0.114. The van der Waals surface area contributed by atoms with Crippen LogP contribution in [0.3, 0.4) is 0 Å². The number of ether oxygens (including phenoxy) is 1. The fraction of sp³-hybridized carbons (Fsp3) is 0.231. The summed E-state index contributed by atoms with van der Waals surface area (Å²) in [6.45, 7) is 2.21. The molecule has 0 N–H and O–H groups in total. The zero-order valence-corrected chi connectivity index (χ0v) is 16.8. The molecule has 0 saturated heterocycles. The zero-order chi connectivity index (χ0) is 21.1. The number of alkyl halides is 3. The summed E-state index contributed by atoms with van der Waals surface area (Å²) in [5, 5.41) is 4.73. The minimum atomic E-state index is -4.68. The van der Waals surface area contributed by atoms with Crippen molar-refractivity contribution in [3.05, 3.63) is 78.4 Å². The molecule has 4 heteroatoms. The first-order chi connectivity index (χ1) is 14.4. The lowest BCUT2D eigenvalue weighted by molar-refractivity contribution is -0.274. The Labute approximate surface area is 174 Å². The van der Waals surface area contributed by atoms with Crippen molar-refractivity contribution in [2.45, 2.75) is 39.0 Å². The molecule has 0 atom stereocenters. The average molecular weight is 408 g/mol. The predicted molar refractivity (Wildman–Crippen MR) is 117 cm³/mol. The van der Waals surface area contributed by atoms with E-state index in [-0.39, 0.29) is 5.75 Å². The maximum absolute atomic E-state index is 12.3. The average Bonchev–Trinajstić information content (AvgIpc) is 2.73. The third-order valence-corrected chi connectivity index (χ3v) is 5.39. The highest BCUT2D eigenvalue weighted by atomic mass is 19.4. The number of unbranched alkanes of at least 4 members (excludes halogenated alkanes) is 2. The molecule has 4 rings (SSSR count). The molecule has 1 nitrogen and oxygen atoms in total. The standard InChI is InChI=1S/C26H23F3O/c1-2-3-4-5-18-6-14-24-21(16-18)7-8-22-17-20(11-15-25(22)24)19-9-12-23(13-10-19)30-26(27,28)29/h6-17H,2-5H2,1H3. The summed E-state index contributed by atoms with van der Waals surface area (Å²) in [5.74, 6) is -0.215. The summed E-state index contributed by atoms with van der Waals surface area (Å²) < 4.78 is 41.0. The predicted octanol–water partition coefficient (Wildman–Crippen LogP) is 8.29. The van der Waals surface area contributed by atoms with Gasteiger partial charge in [-0.2, -0.15) is 0 Å². The Bertz CT molecular complexity index is 1160. The van der Waals surface area contributed by atoms with Crippen molar-refractivity contribution in [1.29, 1.82) is 0 Å². The molecule has 0 aliphatic carbocycles. The second kappa shape index (κ2) is 8.39. The molecular formula is C26H23F3O. The van der Waals surface area contributed by atoms with Crippen molar-refractivity contribution in [3.8, 4) is 16.9 Å². The number of aryl methyl sites for hydroxylation is 1. The van der Waals surface area contributed by atoms with Crippen molar-refractivity contribution in [2.75, 3.05) is 0 Å². The normalized spacial score (nSPS) is 11.9. The van der Waals surface area contributed by atoms with E-state index in [9.17, 15) is 13.2 Å². The smallest absolute Gasteiger partial charge is 0.406 e. The van der Waals surface area contributed by atoms with Crippen molar-refractivity contribution in [1.82, 2.24) is 0 Å². The third kappa shape index (κ3) is 4.59. The van der Waals surface area contributed by atoms with Gasteiger partial charge in [-0.3, -0.25) is 0 Å². The molecule has 0 amide bonds. The molecule has 0 unspecified atom stereocenters. The van der Waals surface area contributed by atoms with Crippen molar-refractivity contribution < 1.29 is 17.9 Å². The molecule has 0 aliphatic heterocycles. The van der Waals surface area contributed by atoms with Gasteiger partial charge in [0.05, 0.1) is 0 Å². The summed E-state index contributed by atoms with van der Waals surface area (Å²) in [7, 11) is 0. The lowest BCUT2D eigenvalue weighted by Crippen LogP contribution is -2.16. The number of hydrogen-bond acceptors (Lipinski definition) is 1. The van der Waals surface area contributed by atoms with E-state index in [1.807, 2.05) is 6.07 Å². The molecule has 4 aromatic carbocycles. The van der Waals surface area contributed by atoms with Crippen LogP contribution in [0.2, 0.25) is 0 Å². The molecule has 0 saturated carbocycles. The van der Waals surface area contributed by atoms with Crippen LogP contribution >= 0.6 is 0 Å². The monoisotopic (exact) mass is 408 g/mol. The van der Waals surface area contributed by atoms with Crippen molar-refractivity contribution >= 4 is 21.5 Å². The van der Waals surface area contributed by atoms with Gasteiger partial charge in [-0.05, 0) is 69.3 Å². The van der Waals surface area contributed by atoms with Gasteiger partial charge in [-0.15, -0.1) is 13.2 Å². The highest BCUT2D eigenvalue weighted by Gasteiger charge is 2.30. The molecule has 0 heterocycles. The van der Waals surface area contributed by atoms with Crippen molar-refractivity contribution in [3.63, 3.8) is 0 Å². The summed E-state index contributed by atoms with van der Waals surface area (Å²) >= 11 is 0. The van der Waals surface area contributed by atoms with Gasteiger partial charge in [0.15, 0.2) is 0 Å². The summed E-state index contributed by atoms with van der Waals surface area (Å²) in [5.41, 5.74) is 3.17. The Hall–Kier alpha value is -3.01. The van der Waals surface area contributed by atoms with Crippen LogP contribution in [0.25, 0.3) is 32.7 Å². The van der Waals surface area contributed by atoms with Crippen LogP contribution in [-0.4, -0.2) is 6.36 Å². The molecule has 0 radical (unpaired) electrons. The Kier molecular flexibility index (Phi) is 5.67. The maximum atomic E-state index is 12.3. The van der Waals surface area contributed by atoms with Gasteiger partial charge in [0.2, 0.25) is 0 Å². The molecule has 0 bridgehead atoms. The van der Waals surface area contributed by atoms with E-state index >= 15 is 0 Å². The number of fused-ring (bicyclic) bond motifs is 3. The number of halogens is 3. The van der Waals surface area contributed by atoms with Crippen LogP contribution in [0.15, 0.2) is 72.8 Å². The number of hydrogen-bond donors (Lipinski definition) is 0. The first kappa shape index (κ1) is 20.3. The van der Waals surface area contributed by atoms with E-state index in [0.29, 0.717) is 0 Å². The molecule has 0 aromatic heterocycles. The van der Waals surface area contributed by atoms with Gasteiger partial charge in [0.1, 0.15) is 5.75 Å². The third-order valence-electron chi connectivity index (χ3n) is 5.39. The Morgan fingerprint density at radius 1 is 0.700 bits per heavy atom. The van der Waals surface area contributed by atoms with E-state index in [1.54, 1.807) is 12.1 Å². The highest BCUT2D eigenvalue weighted by Crippen LogP contribution is 2.32. The first-order valence-corrected chi connectivity index (χ1v) is 10.2. The van der Waals surface area contributed by atoms with Gasteiger partial charge < -0.3 is 4.74 Å². The van der Waals surface area contributed by atoms with E-state index in [0.717, 1.165) is 22.9 Å². The van der Waals surface area contributed by atoms with Crippen LogP contribution in [0.4, 0.5) is 13.2 Å². The quantitative estimate of drug-likeness (QED) is 0.230. The molecule has 30 heavy (non-hydrogen) atoms. The van der Waals surface area contributed by atoms with Crippen LogP contribution in [0, 0.1) is 0 Å². The van der Waals surface area contributed by atoms with Crippen LogP contribution in [0.1, 0.15) is 31.7 Å². The highest BCUT2D eigenvalue weighted by molar-refractivity contribution is 6.08. The summed E-state index contributed by atoms with van der Waals surface area (Å²) in [6, 6.07) is 23.1. The topological polar surface area (TPSA) is 9.23 Å². The molecule has 0 aliphatic rings. The zero-order valence-electron chi connectivity index (χ0n) is 16.8. The SMILES string of the molecule is CCCCCc1ccc2c(ccc3cc(-c4ccc(OC(F)(F)F)cc4)ccc32)c1. The molecule has 0 spiro atoms. The second-order valence-electron chi connectivity index (χ2n) is 7.59. The van der Waals surface area contributed by atoms with Crippen LogP contribution < -0.4 is 4.74 Å². The van der Waals surface area contributed by atoms with Gasteiger partial charge in [0.25, 0.3) is 0 Å². The van der Waals surface area contributed by atoms with Crippen molar-refractivity contribution in [2.24, 2.45) is 0 Å². The summed E-state index contributed by atoms with van der Waals surface area (Å²) in [4.78, 5) is 0. The maximum Gasteiger partial charge on any atom is 0.573 e. The lowest BCUT2D eigenvalue weighted by atomic mass is 9.95. The van der Waals surface area contributed by atoms with Gasteiger partial charge >= 0.3 is 6.36 Å². The minimum absolute atomic E-state index is 0.215. The fourth-order valence-electron chi connectivity index (χ4n) is 3.88. The molecular weight excluding hydrogens is 385 g/mol.